The molecule has 0 bridgehead atoms. The van der Waals surface area contributed by atoms with E-state index in [9.17, 15) is 4.79 Å². The fraction of sp³-hybridized carbons (Fsp3) is 0.364. The molecule has 0 aliphatic carbocycles. The maximum atomic E-state index is 11.1. The Morgan fingerprint density at radius 2 is 2.38 bits per heavy atom. The molecule has 0 aromatic carbocycles. The average molecular weight is 219 g/mol. The van der Waals surface area contributed by atoms with E-state index in [4.69, 9.17) is 10.00 Å². The fourth-order valence-corrected chi connectivity index (χ4v) is 1.20. The summed E-state index contributed by atoms with van der Waals surface area (Å²) in [5.74, 6) is 0.161. The quantitative estimate of drug-likeness (QED) is 0.771. The molecule has 1 aromatic rings. The predicted octanol–water partition coefficient (Wildman–Crippen LogP) is 1.24. The van der Waals surface area contributed by atoms with Gasteiger partial charge in [0.25, 0.3) is 0 Å². The van der Waals surface area contributed by atoms with Crippen LogP contribution in [0.2, 0.25) is 0 Å². The van der Waals surface area contributed by atoms with Gasteiger partial charge in [0.05, 0.1) is 18.2 Å². The molecule has 0 unspecified atom stereocenters. The molecule has 0 aliphatic heterocycles. The molecule has 1 aromatic heterocycles. The number of esters is 1. The SMILES string of the molecule is CCOC(=O)CNc1cc(C#N)cc(C)n1. The largest absolute Gasteiger partial charge is 0.465 e. The molecule has 1 rings (SSSR count). The van der Waals surface area contributed by atoms with E-state index in [1.54, 1.807) is 26.0 Å². The van der Waals surface area contributed by atoms with Crippen molar-refractivity contribution in [3.63, 3.8) is 0 Å². The molecule has 0 saturated carbocycles. The highest BCUT2D eigenvalue weighted by Crippen LogP contribution is 2.08. The summed E-state index contributed by atoms with van der Waals surface area (Å²) >= 11 is 0. The third kappa shape index (κ3) is 3.58. The first-order chi connectivity index (χ1) is 7.65. The summed E-state index contributed by atoms with van der Waals surface area (Å²) in [5.41, 5.74) is 1.24. The van der Waals surface area contributed by atoms with Gasteiger partial charge in [0.1, 0.15) is 12.4 Å². The topological polar surface area (TPSA) is 75.0 Å². The lowest BCUT2D eigenvalue weighted by molar-refractivity contribution is -0.140. The minimum Gasteiger partial charge on any atom is -0.465 e. The molecule has 0 aliphatic rings. The van der Waals surface area contributed by atoms with Gasteiger partial charge in [-0.1, -0.05) is 0 Å². The van der Waals surface area contributed by atoms with Gasteiger partial charge in [-0.15, -0.1) is 0 Å². The molecule has 1 heterocycles. The van der Waals surface area contributed by atoms with Gasteiger partial charge in [-0.05, 0) is 26.0 Å². The van der Waals surface area contributed by atoms with Gasteiger partial charge in [0, 0.05) is 5.69 Å². The average Bonchev–Trinajstić information content (AvgIpc) is 2.26. The van der Waals surface area contributed by atoms with Crippen LogP contribution < -0.4 is 5.32 Å². The van der Waals surface area contributed by atoms with Crippen molar-refractivity contribution < 1.29 is 9.53 Å². The lowest BCUT2D eigenvalue weighted by atomic mass is 10.2. The van der Waals surface area contributed by atoms with E-state index in [1.807, 2.05) is 6.07 Å². The summed E-state index contributed by atoms with van der Waals surface area (Å²) in [6, 6.07) is 5.29. The first kappa shape index (κ1) is 12.0. The molecule has 0 spiro atoms. The van der Waals surface area contributed by atoms with E-state index in [-0.39, 0.29) is 12.5 Å². The lowest BCUT2D eigenvalue weighted by Crippen LogP contribution is -2.17. The Morgan fingerprint density at radius 3 is 3.00 bits per heavy atom. The maximum Gasteiger partial charge on any atom is 0.325 e. The summed E-state index contributed by atoms with van der Waals surface area (Å²) in [6.07, 6.45) is 0. The van der Waals surface area contributed by atoms with Gasteiger partial charge in [-0.2, -0.15) is 5.26 Å². The Bertz CT molecular complexity index is 424. The number of nitrogens with one attached hydrogen (secondary N) is 1. The predicted molar refractivity (Wildman–Crippen MR) is 58.8 cm³/mol. The number of nitrogens with zero attached hydrogens (tertiary/aromatic N) is 2. The Balaban J connectivity index is 2.64. The zero-order chi connectivity index (χ0) is 12.0. The van der Waals surface area contributed by atoms with Crippen LogP contribution in [0, 0.1) is 18.3 Å². The highest BCUT2D eigenvalue weighted by Gasteiger charge is 2.03. The number of carbonyl (C=O) groups is 1. The van der Waals surface area contributed by atoms with Gasteiger partial charge in [0.15, 0.2) is 0 Å². The Morgan fingerprint density at radius 1 is 1.62 bits per heavy atom. The molecule has 0 radical (unpaired) electrons. The number of hydrogen-bond donors (Lipinski definition) is 1. The number of pyridine rings is 1. The van der Waals surface area contributed by atoms with E-state index in [1.165, 1.54) is 0 Å². The van der Waals surface area contributed by atoms with Gasteiger partial charge >= 0.3 is 5.97 Å². The van der Waals surface area contributed by atoms with Crippen molar-refractivity contribution in [3.8, 4) is 6.07 Å². The molecule has 0 atom stereocenters. The van der Waals surface area contributed by atoms with Crippen molar-refractivity contribution in [2.75, 3.05) is 18.5 Å². The second kappa shape index (κ2) is 5.71. The van der Waals surface area contributed by atoms with Crippen molar-refractivity contribution in [3.05, 3.63) is 23.4 Å². The number of rotatable bonds is 4. The monoisotopic (exact) mass is 219 g/mol. The van der Waals surface area contributed by atoms with Gasteiger partial charge in [-0.3, -0.25) is 4.79 Å². The number of aryl methyl sites for hydroxylation is 1. The number of ether oxygens (including phenoxy) is 1. The molecule has 5 heteroatoms. The first-order valence-corrected chi connectivity index (χ1v) is 4.94. The van der Waals surface area contributed by atoms with E-state index < -0.39 is 0 Å². The minimum absolute atomic E-state index is 0.0508. The third-order valence-electron chi connectivity index (χ3n) is 1.80. The van der Waals surface area contributed by atoms with Crippen LogP contribution >= 0.6 is 0 Å². The molecular weight excluding hydrogens is 206 g/mol. The van der Waals surface area contributed by atoms with E-state index in [0.29, 0.717) is 18.0 Å². The van der Waals surface area contributed by atoms with Crippen LogP contribution in [-0.4, -0.2) is 24.1 Å². The molecule has 5 nitrogen and oxygen atoms in total. The van der Waals surface area contributed by atoms with E-state index in [0.717, 1.165) is 5.69 Å². The zero-order valence-corrected chi connectivity index (χ0v) is 9.28. The molecule has 0 amide bonds. The molecule has 16 heavy (non-hydrogen) atoms. The summed E-state index contributed by atoms with van der Waals surface area (Å²) in [7, 11) is 0. The maximum absolute atomic E-state index is 11.1. The van der Waals surface area contributed by atoms with Crippen LogP contribution in [0.25, 0.3) is 0 Å². The van der Waals surface area contributed by atoms with Crippen molar-refractivity contribution in [1.29, 1.82) is 5.26 Å². The smallest absolute Gasteiger partial charge is 0.325 e. The number of aromatic nitrogens is 1. The number of anilines is 1. The van der Waals surface area contributed by atoms with Crippen molar-refractivity contribution in [2.24, 2.45) is 0 Å². The van der Waals surface area contributed by atoms with Gasteiger partial charge in [0.2, 0.25) is 0 Å². The fourth-order valence-electron chi connectivity index (χ4n) is 1.20. The molecule has 84 valence electrons. The second-order valence-electron chi connectivity index (χ2n) is 3.15. The van der Waals surface area contributed by atoms with E-state index >= 15 is 0 Å². The summed E-state index contributed by atoms with van der Waals surface area (Å²) in [4.78, 5) is 15.2. The standard InChI is InChI=1S/C11H13N3O2/c1-3-16-11(15)7-13-10-5-9(6-12)4-8(2)14-10/h4-5H,3,7H2,1-2H3,(H,13,14). The van der Waals surface area contributed by atoms with Crippen LogP contribution in [0.5, 0.6) is 0 Å². The summed E-state index contributed by atoms with van der Waals surface area (Å²) in [5, 5.41) is 11.6. The van der Waals surface area contributed by atoms with Gasteiger partial charge < -0.3 is 10.1 Å². The van der Waals surface area contributed by atoms with Gasteiger partial charge in [-0.25, -0.2) is 4.98 Å². The Hall–Kier alpha value is -2.09. The normalized spacial score (nSPS) is 9.31. The van der Waals surface area contributed by atoms with Crippen LogP contribution in [-0.2, 0) is 9.53 Å². The number of hydrogen-bond acceptors (Lipinski definition) is 5. The molecule has 0 fully saturated rings. The molecular formula is C11H13N3O2. The van der Waals surface area contributed by atoms with Crippen LogP contribution in [0.15, 0.2) is 12.1 Å². The van der Waals surface area contributed by atoms with E-state index in [2.05, 4.69) is 10.3 Å². The highest BCUT2D eigenvalue weighted by atomic mass is 16.5. The molecule has 0 saturated heterocycles. The highest BCUT2D eigenvalue weighted by molar-refractivity contribution is 5.74. The van der Waals surface area contributed by atoms with Crippen LogP contribution in [0.3, 0.4) is 0 Å². The molecule has 1 N–H and O–H groups in total. The minimum atomic E-state index is -0.343. The summed E-state index contributed by atoms with van der Waals surface area (Å²) < 4.78 is 4.76. The van der Waals surface area contributed by atoms with Crippen molar-refractivity contribution >= 4 is 11.8 Å². The van der Waals surface area contributed by atoms with Crippen molar-refractivity contribution in [2.45, 2.75) is 13.8 Å². The first-order valence-electron chi connectivity index (χ1n) is 4.94. The number of nitriles is 1. The second-order valence-corrected chi connectivity index (χ2v) is 3.15. The number of carbonyl (C=O) groups excluding carboxylic acids is 1. The Labute approximate surface area is 94.1 Å². The zero-order valence-electron chi connectivity index (χ0n) is 9.28. The van der Waals surface area contributed by atoms with Crippen molar-refractivity contribution in [1.82, 2.24) is 4.98 Å². The third-order valence-corrected chi connectivity index (χ3v) is 1.80. The lowest BCUT2D eigenvalue weighted by Gasteiger charge is -2.06. The Kier molecular flexibility index (Phi) is 4.28. The van der Waals surface area contributed by atoms with Crippen LogP contribution in [0.1, 0.15) is 18.2 Å². The van der Waals surface area contributed by atoms with Crippen LogP contribution in [0.4, 0.5) is 5.82 Å². The summed E-state index contributed by atoms with van der Waals surface area (Å²) in [6.45, 7) is 3.94.